The van der Waals surface area contributed by atoms with E-state index in [1.807, 2.05) is 19.9 Å². The number of phenolic OH excluding ortho intramolecular Hbond substituents is 1. The summed E-state index contributed by atoms with van der Waals surface area (Å²) in [5.74, 6) is 0.206. The summed E-state index contributed by atoms with van der Waals surface area (Å²) in [5, 5.41) is 10.8. The molecule has 2 rings (SSSR count). The van der Waals surface area contributed by atoms with Gasteiger partial charge in [0.2, 0.25) is 0 Å². The van der Waals surface area contributed by atoms with Crippen LogP contribution in [0.25, 0.3) is 11.0 Å². The van der Waals surface area contributed by atoms with Crippen molar-refractivity contribution in [1.82, 2.24) is 0 Å². The van der Waals surface area contributed by atoms with Crippen LogP contribution in [-0.4, -0.2) is 5.11 Å². The smallest absolute Gasteiger partial charge is 0.339 e. The molecule has 1 aromatic heterocycles. The number of benzene rings is 1. The van der Waals surface area contributed by atoms with Crippen molar-refractivity contribution in [3.8, 4) is 5.75 Å². The normalized spacial score (nSPS) is 11.0. The number of rotatable bonds is 0. The maximum atomic E-state index is 11.4. The SMILES string of the molecule is Cc1c(O)c(C)c2oc(=O)c(C)cc2c1C. The van der Waals surface area contributed by atoms with Gasteiger partial charge in [-0.1, -0.05) is 0 Å². The summed E-state index contributed by atoms with van der Waals surface area (Å²) >= 11 is 0. The molecule has 84 valence electrons. The fraction of sp³-hybridized carbons (Fsp3) is 0.308. The van der Waals surface area contributed by atoms with E-state index in [-0.39, 0.29) is 11.4 Å². The average molecular weight is 218 g/mol. The average Bonchev–Trinajstić information content (AvgIpc) is 2.26. The standard InChI is InChI=1S/C13H14O3/c1-6-5-10-7(2)8(3)11(14)9(4)12(10)16-13(6)15/h5,14H,1-4H3. The zero-order valence-corrected chi connectivity index (χ0v) is 9.84. The maximum absolute atomic E-state index is 11.4. The molecule has 16 heavy (non-hydrogen) atoms. The molecule has 0 radical (unpaired) electrons. The minimum Gasteiger partial charge on any atom is -0.507 e. The molecule has 3 heteroatoms. The fourth-order valence-electron chi connectivity index (χ4n) is 1.89. The van der Waals surface area contributed by atoms with Crippen LogP contribution in [0.1, 0.15) is 22.3 Å². The van der Waals surface area contributed by atoms with Crippen molar-refractivity contribution in [2.45, 2.75) is 27.7 Å². The number of fused-ring (bicyclic) bond motifs is 1. The van der Waals surface area contributed by atoms with E-state index in [2.05, 4.69) is 0 Å². The zero-order valence-electron chi connectivity index (χ0n) is 9.84. The first kappa shape index (κ1) is 10.7. The summed E-state index contributed by atoms with van der Waals surface area (Å²) in [5.41, 5.74) is 3.12. The zero-order chi connectivity index (χ0) is 12.0. The highest BCUT2D eigenvalue weighted by atomic mass is 16.4. The monoisotopic (exact) mass is 218 g/mol. The number of aromatic hydroxyl groups is 1. The van der Waals surface area contributed by atoms with E-state index in [1.54, 1.807) is 13.8 Å². The van der Waals surface area contributed by atoms with Crippen LogP contribution in [0.4, 0.5) is 0 Å². The van der Waals surface area contributed by atoms with Gasteiger partial charge in [0.1, 0.15) is 11.3 Å². The van der Waals surface area contributed by atoms with Crippen LogP contribution in [-0.2, 0) is 0 Å². The Hall–Kier alpha value is -1.77. The highest BCUT2D eigenvalue weighted by Crippen LogP contribution is 2.33. The Kier molecular flexibility index (Phi) is 2.26. The number of hydrogen-bond acceptors (Lipinski definition) is 3. The minimum atomic E-state index is -0.349. The van der Waals surface area contributed by atoms with E-state index >= 15 is 0 Å². The first-order chi connectivity index (χ1) is 7.43. The van der Waals surface area contributed by atoms with Crippen LogP contribution in [0.5, 0.6) is 5.75 Å². The minimum absolute atomic E-state index is 0.206. The van der Waals surface area contributed by atoms with Crippen LogP contribution in [0.15, 0.2) is 15.3 Å². The number of phenols is 1. The molecule has 0 bridgehead atoms. The van der Waals surface area contributed by atoms with Gasteiger partial charge < -0.3 is 9.52 Å². The van der Waals surface area contributed by atoms with Crippen molar-refractivity contribution in [2.24, 2.45) is 0 Å². The number of aryl methyl sites for hydroxylation is 3. The number of hydrogen-bond donors (Lipinski definition) is 1. The lowest BCUT2D eigenvalue weighted by molar-refractivity contribution is 0.463. The largest absolute Gasteiger partial charge is 0.507 e. The van der Waals surface area contributed by atoms with Gasteiger partial charge in [-0.25, -0.2) is 4.79 Å². The molecular formula is C13H14O3. The molecule has 0 aliphatic rings. The molecule has 1 aromatic carbocycles. The second-order valence-corrected chi connectivity index (χ2v) is 4.18. The van der Waals surface area contributed by atoms with E-state index in [0.29, 0.717) is 16.7 Å². The predicted molar refractivity (Wildman–Crippen MR) is 63.1 cm³/mol. The second-order valence-electron chi connectivity index (χ2n) is 4.18. The molecule has 0 unspecified atom stereocenters. The van der Waals surface area contributed by atoms with E-state index in [1.165, 1.54) is 0 Å². The van der Waals surface area contributed by atoms with Gasteiger partial charge in [0, 0.05) is 16.5 Å². The van der Waals surface area contributed by atoms with Crippen molar-refractivity contribution >= 4 is 11.0 Å². The molecule has 2 aromatic rings. The van der Waals surface area contributed by atoms with E-state index < -0.39 is 0 Å². The Morgan fingerprint density at radius 3 is 2.31 bits per heavy atom. The van der Waals surface area contributed by atoms with Crippen molar-refractivity contribution in [3.63, 3.8) is 0 Å². The van der Waals surface area contributed by atoms with Crippen molar-refractivity contribution in [3.05, 3.63) is 38.7 Å². The summed E-state index contributed by atoms with van der Waals surface area (Å²) in [7, 11) is 0. The van der Waals surface area contributed by atoms with Gasteiger partial charge in [0.15, 0.2) is 0 Å². The first-order valence-corrected chi connectivity index (χ1v) is 5.16. The molecule has 0 saturated carbocycles. The summed E-state index contributed by atoms with van der Waals surface area (Å²) in [6.07, 6.45) is 0. The first-order valence-electron chi connectivity index (χ1n) is 5.16. The third kappa shape index (κ3) is 1.32. The molecule has 0 aliphatic carbocycles. The van der Waals surface area contributed by atoms with Crippen LogP contribution in [0.2, 0.25) is 0 Å². The molecule has 0 atom stereocenters. The van der Waals surface area contributed by atoms with Crippen LogP contribution in [0, 0.1) is 27.7 Å². The topological polar surface area (TPSA) is 50.4 Å². The van der Waals surface area contributed by atoms with Gasteiger partial charge in [0.25, 0.3) is 0 Å². The molecule has 0 amide bonds. The fourth-order valence-corrected chi connectivity index (χ4v) is 1.89. The molecule has 1 N–H and O–H groups in total. The maximum Gasteiger partial charge on any atom is 0.339 e. The lowest BCUT2D eigenvalue weighted by atomic mass is 9.99. The molecule has 1 heterocycles. The Bertz CT molecular complexity index is 636. The summed E-state index contributed by atoms with van der Waals surface area (Å²) < 4.78 is 5.22. The molecular weight excluding hydrogens is 204 g/mol. The van der Waals surface area contributed by atoms with Crippen LogP contribution >= 0.6 is 0 Å². The summed E-state index contributed by atoms with van der Waals surface area (Å²) in [6, 6.07) is 1.82. The molecule has 0 aliphatic heterocycles. The highest BCUT2D eigenvalue weighted by Gasteiger charge is 2.14. The van der Waals surface area contributed by atoms with Gasteiger partial charge in [-0.05, 0) is 44.9 Å². The molecule has 0 saturated heterocycles. The summed E-state index contributed by atoms with van der Waals surface area (Å²) in [6.45, 7) is 7.25. The van der Waals surface area contributed by atoms with Crippen molar-refractivity contribution in [2.75, 3.05) is 0 Å². The molecule has 3 nitrogen and oxygen atoms in total. The highest BCUT2D eigenvalue weighted by molar-refractivity contribution is 5.87. The molecule has 0 spiro atoms. The van der Waals surface area contributed by atoms with Crippen LogP contribution < -0.4 is 5.63 Å². The Balaban J connectivity index is 3.09. The summed E-state index contributed by atoms with van der Waals surface area (Å²) in [4.78, 5) is 11.4. The third-order valence-corrected chi connectivity index (χ3v) is 3.14. The van der Waals surface area contributed by atoms with Gasteiger partial charge in [-0.3, -0.25) is 0 Å². The van der Waals surface area contributed by atoms with Crippen molar-refractivity contribution < 1.29 is 9.52 Å². The Morgan fingerprint density at radius 1 is 1.06 bits per heavy atom. The van der Waals surface area contributed by atoms with Crippen LogP contribution in [0.3, 0.4) is 0 Å². The Labute approximate surface area is 93.3 Å². The van der Waals surface area contributed by atoms with Gasteiger partial charge >= 0.3 is 5.63 Å². The van der Waals surface area contributed by atoms with Gasteiger partial charge in [-0.15, -0.1) is 0 Å². The van der Waals surface area contributed by atoms with E-state index in [9.17, 15) is 9.90 Å². The predicted octanol–water partition coefficient (Wildman–Crippen LogP) is 2.73. The molecule has 0 fully saturated rings. The van der Waals surface area contributed by atoms with E-state index in [0.717, 1.165) is 16.5 Å². The Morgan fingerprint density at radius 2 is 1.69 bits per heavy atom. The lowest BCUT2D eigenvalue weighted by Gasteiger charge is -2.11. The lowest BCUT2D eigenvalue weighted by Crippen LogP contribution is -2.04. The van der Waals surface area contributed by atoms with Gasteiger partial charge in [-0.2, -0.15) is 0 Å². The van der Waals surface area contributed by atoms with Crippen molar-refractivity contribution in [1.29, 1.82) is 0 Å². The quantitative estimate of drug-likeness (QED) is 0.692. The van der Waals surface area contributed by atoms with Gasteiger partial charge in [0.05, 0.1) is 0 Å². The third-order valence-electron chi connectivity index (χ3n) is 3.14. The van der Waals surface area contributed by atoms with E-state index in [4.69, 9.17) is 4.42 Å². The second kappa shape index (κ2) is 3.37.